The van der Waals surface area contributed by atoms with Crippen LogP contribution in [-0.4, -0.2) is 139 Å². The summed E-state index contributed by atoms with van der Waals surface area (Å²) in [5, 5.41) is 8.14. The minimum atomic E-state index is -1.45. The Balaban J connectivity index is 1.75. The number of hydrogen-bond donors (Lipinski definition) is 0. The first-order valence-electron chi connectivity index (χ1n) is 29.6. The van der Waals surface area contributed by atoms with Crippen LogP contribution in [-0.2, 0) is 57.5 Å². The van der Waals surface area contributed by atoms with E-state index in [1.54, 1.807) is 0 Å². The minimum Gasteiger partial charge on any atom is -0.462 e. The van der Waals surface area contributed by atoms with Crippen LogP contribution in [0.15, 0.2) is 0 Å². The van der Waals surface area contributed by atoms with E-state index in [2.05, 4.69) is 138 Å². The van der Waals surface area contributed by atoms with Gasteiger partial charge in [0.1, 0.15) is 24.4 Å². The normalized spacial score (nSPS) is 24.8. The van der Waals surface area contributed by atoms with Crippen LogP contribution in [0, 0.1) is 11.8 Å². The lowest BCUT2D eigenvalue weighted by atomic mass is 9.79. The Morgan fingerprint density at radius 3 is 0.711 bits per heavy atom. The second kappa shape index (κ2) is 26.9. The van der Waals surface area contributed by atoms with Gasteiger partial charge in [-0.1, -0.05) is 53.4 Å². The molecule has 4 fully saturated rings. The van der Waals surface area contributed by atoms with Crippen LogP contribution < -0.4 is 0 Å². The van der Waals surface area contributed by atoms with Crippen LogP contribution in [0.5, 0.6) is 0 Å². The van der Waals surface area contributed by atoms with Crippen LogP contribution in [0.3, 0.4) is 0 Å². The van der Waals surface area contributed by atoms with Crippen LogP contribution in [0.1, 0.15) is 254 Å². The van der Waals surface area contributed by atoms with E-state index in [-0.39, 0.29) is 0 Å². The first kappa shape index (κ1) is 66.1. The Kier molecular flexibility index (Phi) is 23.4. The number of unbranched alkanes of at least 4 members (excludes halogenated alkanes) is 4. The third-order valence-electron chi connectivity index (χ3n) is 16.1. The fraction of sp³-hybridized carbons (Fsp3) is 0.933. The number of rotatable bonds is 27. The molecule has 0 aliphatic carbocycles. The number of hydrogen-bond acceptors (Lipinski definition) is 16. The van der Waals surface area contributed by atoms with Crippen molar-refractivity contribution < 1.29 is 57.5 Å². The Labute approximate surface area is 461 Å². The SMILES string of the molecule is CCCCON1C(C)(C)CC(OC(=O)CC(C(=O)OC2CC(C)(C)N(OCCCC)C(C)(C)C2)C(CC(=O)OC2CC(C)(C)N(OCCCC)C(C)(C)C2)C(=O)OC2CC(C)(C)N(OCCCC)C(C)(C)C2)CC1(C)C. The van der Waals surface area contributed by atoms with Gasteiger partial charge in [0.05, 0.1) is 51.1 Å². The highest BCUT2D eigenvalue weighted by Gasteiger charge is 2.54. The van der Waals surface area contributed by atoms with Crippen molar-refractivity contribution in [3.8, 4) is 0 Å². The Hall–Kier alpha value is -2.44. The van der Waals surface area contributed by atoms with Crippen LogP contribution >= 0.6 is 0 Å². The molecule has 0 saturated carbocycles. The molecule has 4 aliphatic rings. The van der Waals surface area contributed by atoms with Crippen LogP contribution in [0.25, 0.3) is 0 Å². The van der Waals surface area contributed by atoms with E-state index in [9.17, 15) is 9.59 Å². The summed E-state index contributed by atoms with van der Waals surface area (Å²) in [4.78, 5) is 85.6. The maximum absolute atomic E-state index is 15.3. The number of esters is 4. The number of piperidine rings is 4. The molecule has 2 atom stereocenters. The van der Waals surface area contributed by atoms with Crippen molar-refractivity contribution >= 4 is 23.9 Å². The molecule has 442 valence electrons. The van der Waals surface area contributed by atoms with Crippen molar-refractivity contribution in [1.82, 2.24) is 20.3 Å². The third-order valence-corrected chi connectivity index (χ3v) is 16.1. The van der Waals surface area contributed by atoms with E-state index >= 15 is 9.59 Å². The minimum absolute atomic E-state index is 0.432. The monoisotopic (exact) mass is 1080 g/mol. The van der Waals surface area contributed by atoms with Crippen molar-refractivity contribution in [2.45, 2.75) is 323 Å². The zero-order valence-corrected chi connectivity index (χ0v) is 51.7. The summed E-state index contributed by atoms with van der Waals surface area (Å²) in [5.74, 6) is -5.74. The topological polar surface area (TPSA) is 155 Å². The van der Waals surface area contributed by atoms with E-state index in [1.807, 2.05) is 20.3 Å². The average Bonchev–Trinajstić information content (AvgIpc) is 3.24. The molecule has 4 heterocycles. The van der Waals surface area contributed by atoms with Gasteiger partial charge < -0.3 is 18.9 Å². The highest BCUT2D eigenvalue weighted by atomic mass is 16.7. The highest BCUT2D eigenvalue weighted by molar-refractivity contribution is 5.89. The van der Waals surface area contributed by atoms with Gasteiger partial charge in [-0.15, -0.1) is 0 Å². The standard InChI is InChI=1S/C60H110N4O12/c1-21-25-29-69-61-53(5,6)35-43(36-54(61,7)8)73-49(65)33-47(51(67)75-45-39-57(13,14)63(58(15,16)40-45)71-31-27-23-3)48(52(68)76-46-41-59(17,18)64(60(19,20)42-46)72-32-28-24-4)34-50(66)74-44-37-55(9,10)62(56(11,12)38-44)70-30-26-22-2/h43-48H,21-42H2,1-20H3. The molecule has 0 amide bonds. The van der Waals surface area contributed by atoms with Crippen molar-refractivity contribution in [3.05, 3.63) is 0 Å². The zero-order chi connectivity index (χ0) is 57.3. The number of ether oxygens (including phenoxy) is 4. The van der Waals surface area contributed by atoms with E-state index in [4.69, 9.17) is 38.3 Å². The van der Waals surface area contributed by atoms with E-state index < -0.39 is 117 Å². The number of nitrogens with zero attached hydrogens (tertiary/aromatic N) is 4. The number of hydroxylamine groups is 8. The lowest BCUT2D eigenvalue weighted by Crippen LogP contribution is -2.62. The van der Waals surface area contributed by atoms with Gasteiger partial charge in [-0.25, -0.2) is 0 Å². The molecule has 0 bridgehead atoms. The quantitative estimate of drug-likeness (QED) is 0.0435. The largest absolute Gasteiger partial charge is 0.462 e. The van der Waals surface area contributed by atoms with Gasteiger partial charge in [0, 0.05) is 95.7 Å². The molecule has 0 radical (unpaired) electrons. The second-order valence-corrected chi connectivity index (χ2v) is 28.0. The third kappa shape index (κ3) is 17.8. The lowest BCUT2D eigenvalue weighted by molar-refractivity contribution is -0.294. The van der Waals surface area contributed by atoms with Crippen molar-refractivity contribution in [3.63, 3.8) is 0 Å². The summed E-state index contributed by atoms with van der Waals surface area (Å²) in [6, 6.07) is 0. The molecule has 0 N–H and O–H groups in total. The van der Waals surface area contributed by atoms with Gasteiger partial charge in [0.2, 0.25) is 0 Å². The summed E-state index contributed by atoms with van der Waals surface area (Å²) in [6.07, 6.45) is 8.00. The Bertz CT molecular complexity index is 1680. The highest BCUT2D eigenvalue weighted by Crippen LogP contribution is 2.45. The predicted octanol–water partition coefficient (Wildman–Crippen LogP) is 12.2. The van der Waals surface area contributed by atoms with Gasteiger partial charge in [-0.05, 0) is 136 Å². The van der Waals surface area contributed by atoms with E-state index in [1.165, 1.54) is 0 Å². The smallest absolute Gasteiger partial charge is 0.310 e. The Morgan fingerprint density at radius 1 is 0.342 bits per heavy atom. The lowest BCUT2D eigenvalue weighted by Gasteiger charge is -2.53. The summed E-state index contributed by atoms with van der Waals surface area (Å²) < 4.78 is 25.9. The van der Waals surface area contributed by atoms with Gasteiger partial charge >= 0.3 is 23.9 Å². The summed E-state index contributed by atoms with van der Waals surface area (Å²) >= 11 is 0. The van der Waals surface area contributed by atoms with Crippen LogP contribution in [0.2, 0.25) is 0 Å². The van der Waals surface area contributed by atoms with Crippen molar-refractivity contribution in [2.75, 3.05) is 26.4 Å². The summed E-state index contributed by atoms with van der Waals surface area (Å²) in [6.45, 7) is 44.0. The molecule has 0 spiro atoms. The molecule has 16 heteroatoms. The zero-order valence-electron chi connectivity index (χ0n) is 51.7. The second-order valence-electron chi connectivity index (χ2n) is 28.0. The Morgan fingerprint density at radius 2 is 0.526 bits per heavy atom. The maximum Gasteiger partial charge on any atom is 0.310 e. The summed E-state index contributed by atoms with van der Waals surface area (Å²) in [7, 11) is 0. The number of carbonyl (C=O) groups is 4. The van der Waals surface area contributed by atoms with Gasteiger partial charge in [0.25, 0.3) is 0 Å². The van der Waals surface area contributed by atoms with Crippen molar-refractivity contribution in [2.24, 2.45) is 11.8 Å². The maximum atomic E-state index is 15.3. The molecule has 4 rings (SSSR count). The van der Waals surface area contributed by atoms with Crippen molar-refractivity contribution in [1.29, 1.82) is 0 Å². The molecule has 76 heavy (non-hydrogen) atoms. The molecule has 4 aliphatic heterocycles. The molecule has 0 aromatic heterocycles. The fourth-order valence-electron chi connectivity index (χ4n) is 13.7. The fourth-order valence-corrected chi connectivity index (χ4v) is 13.7. The van der Waals surface area contributed by atoms with Gasteiger partial charge in [0.15, 0.2) is 0 Å². The van der Waals surface area contributed by atoms with E-state index in [0.29, 0.717) is 77.8 Å². The molecule has 2 unspecified atom stereocenters. The van der Waals surface area contributed by atoms with Gasteiger partial charge in [-0.2, -0.15) is 20.3 Å². The molecular formula is C60H110N4O12. The van der Waals surface area contributed by atoms with Crippen LogP contribution in [0.4, 0.5) is 0 Å². The first-order valence-corrected chi connectivity index (χ1v) is 29.6. The molecular weight excluding hydrogens is 969 g/mol. The van der Waals surface area contributed by atoms with E-state index in [0.717, 1.165) is 51.4 Å². The predicted molar refractivity (Wildman–Crippen MR) is 296 cm³/mol. The van der Waals surface area contributed by atoms with Gasteiger partial charge in [-0.3, -0.25) is 38.5 Å². The molecule has 0 aromatic rings. The molecule has 0 aromatic carbocycles. The molecule has 16 nitrogen and oxygen atoms in total. The first-order chi connectivity index (χ1) is 35.1. The molecule has 4 saturated heterocycles. The summed E-state index contributed by atoms with van der Waals surface area (Å²) in [5.41, 5.74) is -4.16. The number of carbonyl (C=O) groups excluding carboxylic acids is 4. The average molecular weight is 1080 g/mol.